The van der Waals surface area contributed by atoms with Crippen molar-refractivity contribution in [1.29, 1.82) is 0 Å². The van der Waals surface area contributed by atoms with Gasteiger partial charge in [0, 0.05) is 32.7 Å². The Bertz CT molecular complexity index is 1670. The molecule has 3 aliphatic heterocycles. The van der Waals surface area contributed by atoms with Crippen molar-refractivity contribution in [1.82, 2.24) is 9.80 Å². The van der Waals surface area contributed by atoms with Gasteiger partial charge in [-0.1, -0.05) is 48.5 Å². The van der Waals surface area contributed by atoms with Gasteiger partial charge >= 0.3 is 12.2 Å². The van der Waals surface area contributed by atoms with Gasteiger partial charge in [-0.05, 0) is 74.6 Å². The van der Waals surface area contributed by atoms with E-state index < -0.39 is 5.60 Å². The van der Waals surface area contributed by atoms with Crippen molar-refractivity contribution in [3.8, 4) is 11.5 Å². The number of nitrogens with zero attached hydrogens (tertiary/aromatic N) is 3. The minimum atomic E-state index is -0.541. The van der Waals surface area contributed by atoms with Gasteiger partial charge in [-0.15, -0.1) is 0 Å². The zero-order valence-electron chi connectivity index (χ0n) is 30.5. The summed E-state index contributed by atoms with van der Waals surface area (Å²) in [4.78, 5) is 43.4. The molecule has 3 heterocycles. The van der Waals surface area contributed by atoms with Gasteiger partial charge in [-0.3, -0.25) is 4.79 Å². The highest BCUT2D eigenvalue weighted by Crippen LogP contribution is 2.36. The number of carbonyl (C=O) groups is 3. The molecular weight excluding hydrogens is 666 g/mol. The quantitative estimate of drug-likeness (QED) is 0.204. The number of fused-ring (bicyclic) bond motifs is 1. The first-order chi connectivity index (χ1) is 25.1. The van der Waals surface area contributed by atoms with Crippen LogP contribution in [0.1, 0.15) is 56.2 Å². The van der Waals surface area contributed by atoms with Crippen molar-refractivity contribution in [3.63, 3.8) is 0 Å². The minimum absolute atomic E-state index is 0.00476. The lowest BCUT2D eigenvalue weighted by Crippen LogP contribution is -2.57. The molecule has 2 fully saturated rings. The summed E-state index contributed by atoms with van der Waals surface area (Å²) in [5.74, 6) is 1.29. The molecule has 12 heteroatoms. The Labute approximate surface area is 305 Å². The second kappa shape index (κ2) is 16.7. The molecule has 0 radical (unpaired) electrons. The number of hydrogen-bond acceptors (Lipinski definition) is 9. The fourth-order valence-electron chi connectivity index (χ4n) is 6.57. The Morgan fingerprint density at radius 3 is 2.38 bits per heavy atom. The van der Waals surface area contributed by atoms with Gasteiger partial charge in [0.25, 0.3) is 5.91 Å². The maximum absolute atomic E-state index is 13.2. The summed E-state index contributed by atoms with van der Waals surface area (Å²) >= 11 is 0. The lowest BCUT2D eigenvalue weighted by molar-refractivity contribution is -0.121. The maximum Gasteiger partial charge on any atom is 0.410 e. The summed E-state index contributed by atoms with van der Waals surface area (Å²) in [5, 5.41) is 0. The van der Waals surface area contributed by atoms with Gasteiger partial charge in [0.05, 0.1) is 38.0 Å². The first kappa shape index (κ1) is 37.0. The molecule has 3 aromatic carbocycles. The highest BCUT2D eigenvalue weighted by Gasteiger charge is 2.36. The Balaban J connectivity index is 1.12. The number of likely N-dealkylation sites (tertiary alicyclic amines) is 2. The highest BCUT2D eigenvalue weighted by atomic mass is 16.6. The molecule has 0 N–H and O–H groups in total. The van der Waals surface area contributed by atoms with Gasteiger partial charge in [0.2, 0.25) is 0 Å². The maximum atomic E-state index is 13.2. The largest absolute Gasteiger partial charge is 0.487 e. The number of anilines is 1. The van der Waals surface area contributed by atoms with E-state index in [-0.39, 0.29) is 56.0 Å². The fourth-order valence-corrected chi connectivity index (χ4v) is 6.57. The average Bonchev–Trinajstić information content (AvgIpc) is 3.11. The van der Waals surface area contributed by atoms with E-state index in [1.807, 2.05) is 93.6 Å². The number of rotatable bonds is 12. The summed E-state index contributed by atoms with van der Waals surface area (Å²) in [6.07, 6.45) is 0.242. The topological polar surface area (TPSA) is 116 Å². The first-order valence-corrected chi connectivity index (χ1v) is 17.9. The molecule has 0 spiro atoms. The third kappa shape index (κ3) is 9.54. The van der Waals surface area contributed by atoms with Crippen LogP contribution in [-0.2, 0) is 37.0 Å². The van der Waals surface area contributed by atoms with Gasteiger partial charge < -0.3 is 43.1 Å². The van der Waals surface area contributed by atoms with E-state index in [4.69, 9.17) is 28.4 Å². The number of benzene rings is 3. The van der Waals surface area contributed by atoms with E-state index in [1.54, 1.807) is 21.8 Å². The van der Waals surface area contributed by atoms with Crippen molar-refractivity contribution in [2.75, 3.05) is 57.9 Å². The molecule has 2 atom stereocenters. The number of methoxy groups -OCH3 is 1. The van der Waals surface area contributed by atoms with Crippen LogP contribution in [0, 0.1) is 0 Å². The zero-order chi connectivity index (χ0) is 36.7. The summed E-state index contributed by atoms with van der Waals surface area (Å²) < 4.78 is 34.8. The van der Waals surface area contributed by atoms with Gasteiger partial charge in [-0.2, -0.15) is 0 Å². The van der Waals surface area contributed by atoms with Gasteiger partial charge in [-0.25, -0.2) is 9.59 Å². The Hall–Kier alpha value is -4.81. The van der Waals surface area contributed by atoms with Gasteiger partial charge in [0.15, 0.2) is 6.61 Å². The summed E-state index contributed by atoms with van der Waals surface area (Å²) in [5.41, 5.74) is 3.07. The predicted molar refractivity (Wildman–Crippen MR) is 194 cm³/mol. The molecule has 278 valence electrons. The normalized spacial score (nSPS) is 19.0. The van der Waals surface area contributed by atoms with E-state index in [2.05, 4.69) is 0 Å². The number of carbonyl (C=O) groups excluding carboxylic acids is 3. The molecule has 3 amide bonds. The molecule has 0 aliphatic carbocycles. The number of piperidine rings is 1. The van der Waals surface area contributed by atoms with Crippen LogP contribution in [0.5, 0.6) is 11.5 Å². The average molecular weight is 716 g/mol. The van der Waals surface area contributed by atoms with Crippen molar-refractivity contribution < 1.29 is 42.8 Å². The second-order valence-corrected chi connectivity index (χ2v) is 14.4. The molecule has 2 saturated heterocycles. The number of ether oxygens (including phenoxy) is 6. The van der Waals surface area contributed by atoms with Crippen molar-refractivity contribution in [2.24, 2.45) is 0 Å². The molecule has 52 heavy (non-hydrogen) atoms. The third-order valence-corrected chi connectivity index (χ3v) is 9.29. The van der Waals surface area contributed by atoms with Crippen molar-refractivity contribution in [3.05, 3.63) is 89.5 Å². The molecule has 3 aliphatic rings. The monoisotopic (exact) mass is 715 g/mol. The van der Waals surface area contributed by atoms with Crippen LogP contribution in [0.15, 0.2) is 72.8 Å². The van der Waals surface area contributed by atoms with E-state index in [9.17, 15) is 14.4 Å². The lowest BCUT2D eigenvalue weighted by atomic mass is 9.87. The van der Waals surface area contributed by atoms with Crippen LogP contribution in [0.4, 0.5) is 15.3 Å². The summed E-state index contributed by atoms with van der Waals surface area (Å²) in [6.45, 7) is 8.93. The van der Waals surface area contributed by atoms with Gasteiger partial charge in [0.1, 0.15) is 29.8 Å². The molecule has 12 nitrogen and oxygen atoms in total. The Morgan fingerprint density at radius 1 is 0.885 bits per heavy atom. The standard InChI is InChI=1S/C40H49N3O9/c1-40(2,3)52-39(46)42-22-32(23-42)51-31-14-12-30(13-15-31)33-17-19-41(38(45)50-25-28-9-6-5-7-10-28)24-36(33)48-26-29-11-16-35-34(21-29)43(18-8-20-47-4)37(44)27-49-35/h5-7,9-16,21,32-33,36H,8,17-20,22-27H2,1-4H3. The first-order valence-electron chi connectivity index (χ1n) is 17.9. The lowest BCUT2D eigenvalue weighted by Gasteiger charge is -2.39. The van der Waals surface area contributed by atoms with E-state index in [0.29, 0.717) is 57.9 Å². The van der Waals surface area contributed by atoms with E-state index >= 15 is 0 Å². The second-order valence-electron chi connectivity index (χ2n) is 14.4. The number of amides is 3. The SMILES string of the molecule is COCCCN1C(=O)COc2ccc(COC3CN(C(=O)OCc4ccccc4)CCC3c3ccc(OC4CN(C(=O)OC(C)(C)C)C4)cc3)cc21. The Morgan fingerprint density at radius 2 is 1.65 bits per heavy atom. The van der Waals surface area contributed by atoms with Crippen LogP contribution >= 0.6 is 0 Å². The van der Waals surface area contributed by atoms with E-state index in [1.165, 1.54) is 0 Å². The third-order valence-electron chi connectivity index (χ3n) is 9.29. The molecule has 6 rings (SSSR count). The number of hydrogen-bond donors (Lipinski definition) is 0. The van der Waals surface area contributed by atoms with Crippen LogP contribution in [0.3, 0.4) is 0 Å². The Kier molecular flexibility index (Phi) is 11.9. The zero-order valence-corrected chi connectivity index (χ0v) is 30.5. The molecular formula is C40H49N3O9. The molecule has 0 aromatic heterocycles. The van der Waals surface area contributed by atoms with E-state index in [0.717, 1.165) is 28.1 Å². The molecule has 2 unspecified atom stereocenters. The summed E-state index contributed by atoms with van der Waals surface area (Å²) in [6, 6.07) is 23.4. The van der Waals surface area contributed by atoms with Crippen LogP contribution in [-0.4, -0.2) is 98.7 Å². The highest BCUT2D eigenvalue weighted by molar-refractivity contribution is 5.97. The fraction of sp³-hybridized carbons (Fsp3) is 0.475. The molecule has 3 aromatic rings. The van der Waals surface area contributed by atoms with Crippen LogP contribution in [0.2, 0.25) is 0 Å². The van der Waals surface area contributed by atoms with Crippen LogP contribution in [0.25, 0.3) is 0 Å². The predicted octanol–water partition coefficient (Wildman–Crippen LogP) is 6.16. The van der Waals surface area contributed by atoms with Crippen molar-refractivity contribution in [2.45, 2.75) is 70.6 Å². The van der Waals surface area contributed by atoms with Crippen LogP contribution < -0.4 is 14.4 Å². The molecule has 0 saturated carbocycles. The molecule has 0 bridgehead atoms. The minimum Gasteiger partial charge on any atom is -0.487 e. The van der Waals surface area contributed by atoms with Crippen molar-refractivity contribution >= 4 is 23.8 Å². The smallest absolute Gasteiger partial charge is 0.410 e. The summed E-state index contributed by atoms with van der Waals surface area (Å²) in [7, 11) is 1.65.